The summed E-state index contributed by atoms with van der Waals surface area (Å²) in [5.74, 6) is -0.213. The summed E-state index contributed by atoms with van der Waals surface area (Å²) in [5.41, 5.74) is 0.884. The van der Waals surface area contributed by atoms with Crippen molar-refractivity contribution in [3.8, 4) is 23.0 Å². The lowest BCUT2D eigenvalue weighted by Crippen LogP contribution is -2.24. The van der Waals surface area contributed by atoms with Gasteiger partial charge in [0.15, 0.2) is 11.5 Å². The number of aryl methyl sites for hydroxylation is 1. The number of phenolic OH excluding ortho intramolecular Hbond substituents is 1. The number of aromatic nitrogens is 1. The molecule has 0 aliphatic rings. The number of methoxy groups -OCH3 is 1. The Labute approximate surface area is 159 Å². The van der Waals surface area contributed by atoms with Crippen LogP contribution in [0.3, 0.4) is 0 Å². The predicted octanol–water partition coefficient (Wildman–Crippen LogP) is 4.09. The molecule has 1 aromatic heterocycles. The maximum absolute atomic E-state index is 13.8. The smallest absolute Gasteiger partial charge is 0.254 e. The van der Waals surface area contributed by atoms with Crippen molar-refractivity contribution >= 4 is 17.5 Å². The van der Waals surface area contributed by atoms with Crippen LogP contribution in [0.15, 0.2) is 40.8 Å². The Bertz CT molecular complexity index is 1000. The number of oxazole rings is 1. The zero-order valence-electron chi connectivity index (χ0n) is 14.5. The molecule has 3 rings (SSSR count). The average molecular weight is 391 g/mol. The van der Waals surface area contributed by atoms with Gasteiger partial charge in [-0.15, -0.1) is 0 Å². The van der Waals surface area contributed by atoms with Crippen molar-refractivity contribution < 1.29 is 23.4 Å². The van der Waals surface area contributed by atoms with Crippen LogP contribution < -0.4 is 10.1 Å². The molecule has 0 spiro atoms. The average Bonchev–Trinajstić information content (AvgIpc) is 3.02. The number of benzene rings is 2. The van der Waals surface area contributed by atoms with Crippen LogP contribution >= 0.6 is 11.6 Å². The minimum absolute atomic E-state index is 0.0439. The second-order valence-electron chi connectivity index (χ2n) is 5.72. The van der Waals surface area contributed by atoms with Crippen LogP contribution in [0.5, 0.6) is 11.5 Å². The van der Waals surface area contributed by atoms with E-state index < -0.39 is 11.7 Å². The number of amides is 1. The van der Waals surface area contributed by atoms with E-state index in [4.69, 9.17) is 20.8 Å². The summed E-state index contributed by atoms with van der Waals surface area (Å²) in [4.78, 5) is 16.5. The maximum atomic E-state index is 13.8. The van der Waals surface area contributed by atoms with Crippen LogP contribution in [0.25, 0.3) is 11.5 Å². The first-order valence-electron chi connectivity index (χ1n) is 7.96. The first-order valence-corrected chi connectivity index (χ1v) is 8.33. The SMILES string of the molecule is COc1ccc(-c2nc(CNC(=O)c3cc(Cl)ccc3F)c(C)o2)cc1O. The standard InChI is InChI=1S/C19H16ClFN2O4/c1-10-15(9-22-18(25)13-8-12(20)4-5-14(13)21)23-19(27-10)11-3-6-17(26-2)16(24)7-11/h3-8,24H,9H2,1-2H3,(H,22,25). The summed E-state index contributed by atoms with van der Waals surface area (Å²) >= 11 is 5.81. The van der Waals surface area contributed by atoms with Crippen molar-refractivity contribution in [3.63, 3.8) is 0 Å². The van der Waals surface area contributed by atoms with Gasteiger partial charge in [-0.3, -0.25) is 4.79 Å². The van der Waals surface area contributed by atoms with Crippen LogP contribution in [0.1, 0.15) is 21.8 Å². The van der Waals surface area contributed by atoms with Crippen molar-refractivity contribution in [2.75, 3.05) is 7.11 Å². The number of halogens is 2. The first-order chi connectivity index (χ1) is 12.9. The largest absolute Gasteiger partial charge is 0.504 e. The van der Waals surface area contributed by atoms with Crippen molar-refractivity contribution in [3.05, 3.63) is 64.3 Å². The first kappa shape index (κ1) is 18.7. The summed E-state index contributed by atoms with van der Waals surface area (Å²) in [5, 5.41) is 12.7. The van der Waals surface area contributed by atoms with Crippen LogP contribution in [-0.4, -0.2) is 23.1 Å². The number of aromatic hydroxyl groups is 1. The zero-order valence-corrected chi connectivity index (χ0v) is 15.3. The number of rotatable bonds is 5. The van der Waals surface area contributed by atoms with Gasteiger partial charge in [0.25, 0.3) is 5.91 Å². The van der Waals surface area contributed by atoms with Gasteiger partial charge in [-0.25, -0.2) is 9.37 Å². The van der Waals surface area contributed by atoms with E-state index in [2.05, 4.69) is 10.3 Å². The van der Waals surface area contributed by atoms with E-state index in [1.165, 1.54) is 25.3 Å². The molecule has 2 aromatic carbocycles. The Balaban J connectivity index is 1.76. The quantitative estimate of drug-likeness (QED) is 0.685. The molecule has 8 heteroatoms. The molecule has 0 bridgehead atoms. The number of phenols is 1. The lowest BCUT2D eigenvalue weighted by molar-refractivity contribution is 0.0946. The van der Waals surface area contributed by atoms with Gasteiger partial charge in [0.2, 0.25) is 5.89 Å². The molecule has 3 aromatic rings. The second-order valence-corrected chi connectivity index (χ2v) is 6.15. The van der Waals surface area contributed by atoms with Gasteiger partial charge < -0.3 is 19.6 Å². The highest BCUT2D eigenvalue weighted by Gasteiger charge is 2.16. The topological polar surface area (TPSA) is 84.6 Å². The fourth-order valence-electron chi connectivity index (χ4n) is 2.47. The normalized spacial score (nSPS) is 10.7. The van der Waals surface area contributed by atoms with E-state index >= 15 is 0 Å². The molecular weight excluding hydrogens is 375 g/mol. The number of hydrogen-bond donors (Lipinski definition) is 2. The Hall–Kier alpha value is -3.06. The van der Waals surface area contributed by atoms with Gasteiger partial charge >= 0.3 is 0 Å². The highest BCUT2D eigenvalue weighted by atomic mass is 35.5. The Morgan fingerprint density at radius 2 is 2.11 bits per heavy atom. The molecule has 6 nitrogen and oxygen atoms in total. The molecule has 1 amide bonds. The molecular formula is C19H16ClFN2O4. The number of nitrogens with one attached hydrogen (secondary N) is 1. The van der Waals surface area contributed by atoms with Gasteiger partial charge in [-0.2, -0.15) is 0 Å². The van der Waals surface area contributed by atoms with E-state index in [0.29, 0.717) is 22.8 Å². The number of ether oxygens (including phenoxy) is 1. The highest BCUT2D eigenvalue weighted by Crippen LogP contribution is 2.31. The molecule has 0 atom stereocenters. The molecule has 0 fully saturated rings. The van der Waals surface area contributed by atoms with Gasteiger partial charge in [-0.1, -0.05) is 11.6 Å². The molecule has 0 radical (unpaired) electrons. The summed E-state index contributed by atoms with van der Waals surface area (Å²) < 4.78 is 24.4. The molecule has 27 heavy (non-hydrogen) atoms. The van der Waals surface area contributed by atoms with Crippen LogP contribution in [0.4, 0.5) is 4.39 Å². The van der Waals surface area contributed by atoms with Crippen molar-refractivity contribution in [1.29, 1.82) is 0 Å². The van der Waals surface area contributed by atoms with Crippen molar-refractivity contribution in [1.82, 2.24) is 10.3 Å². The fourth-order valence-corrected chi connectivity index (χ4v) is 2.64. The molecule has 0 aliphatic carbocycles. The minimum atomic E-state index is -0.664. The third-order valence-electron chi connectivity index (χ3n) is 3.91. The summed E-state index contributed by atoms with van der Waals surface area (Å²) in [6, 6.07) is 8.50. The Kier molecular flexibility index (Phi) is 5.32. The van der Waals surface area contributed by atoms with E-state index in [1.54, 1.807) is 19.1 Å². The summed E-state index contributed by atoms with van der Waals surface area (Å²) in [6.07, 6.45) is 0. The van der Waals surface area contributed by atoms with Gasteiger partial charge in [0.1, 0.15) is 17.3 Å². The third kappa shape index (κ3) is 4.03. The molecule has 0 unspecified atom stereocenters. The summed E-state index contributed by atoms with van der Waals surface area (Å²) in [6.45, 7) is 1.74. The molecule has 0 aliphatic heterocycles. The van der Waals surface area contributed by atoms with Gasteiger partial charge in [0.05, 0.1) is 19.2 Å². The van der Waals surface area contributed by atoms with E-state index in [0.717, 1.165) is 6.07 Å². The van der Waals surface area contributed by atoms with Crippen LogP contribution in [-0.2, 0) is 6.54 Å². The lowest BCUT2D eigenvalue weighted by Gasteiger charge is -2.05. The monoisotopic (exact) mass is 390 g/mol. The fraction of sp³-hybridized carbons (Fsp3) is 0.158. The molecule has 0 saturated carbocycles. The minimum Gasteiger partial charge on any atom is -0.504 e. The number of nitrogens with zero attached hydrogens (tertiary/aromatic N) is 1. The molecule has 140 valence electrons. The number of carbonyl (C=O) groups excluding carboxylic acids is 1. The third-order valence-corrected chi connectivity index (χ3v) is 4.14. The maximum Gasteiger partial charge on any atom is 0.254 e. The second kappa shape index (κ2) is 7.67. The van der Waals surface area contributed by atoms with Gasteiger partial charge in [0, 0.05) is 10.6 Å². The van der Waals surface area contributed by atoms with E-state index in [1.807, 2.05) is 0 Å². The Morgan fingerprint density at radius 3 is 2.81 bits per heavy atom. The zero-order chi connectivity index (χ0) is 19.6. The van der Waals surface area contributed by atoms with Gasteiger partial charge in [-0.05, 0) is 43.3 Å². The summed E-state index contributed by atoms with van der Waals surface area (Å²) in [7, 11) is 1.45. The number of hydrogen-bond acceptors (Lipinski definition) is 5. The van der Waals surface area contributed by atoms with Crippen molar-refractivity contribution in [2.24, 2.45) is 0 Å². The Morgan fingerprint density at radius 1 is 1.33 bits per heavy atom. The van der Waals surface area contributed by atoms with Crippen LogP contribution in [0, 0.1) is 12.7 Å². The number of carbonyl (C=O) groups is 1. The van der Waals surface area contributed by atoms with E-state index in [9.17, 15) is 14.3 Å². The highest BCUT2D eigenvalue weighted by molar-refractivity contribution is 6.31. The van der Waals surface area contributed by atoms with Crippen molar-refractivity contribution in [2.45, 2.75) is 13.5 Å². The van der Waals surface area contributed by atoms with E-state index in [-0.39, 0.29) is 28.8 Å². The molecule has 0 saturated heterocycles. The molecule has 1 heterocycles. The van der Waals surface area contributed by atoms with Crippen LogP contribution in [0.2, 0.25) is 5.02 Å². The lowest BCUT2D eigenvalue weighted by atomic mass is 10.2. The molecule has 2 N–H and O–H groups in total. The predicted molar refractivity (Wildman–Crippen MR) is 97.5 cm³/mol.